The van der Waals surface area contributed by atoms with Gasteiger partial charge in [0.15, 0.2) is 11.7 Å². The van der Waals surface area contributed by atoms with Gasteiger partial charge >= 0.3 is 6.18 Å². The van der Waals surface area contributed by atoms with Gasteiger partial charge in [0.2, 0.25) is 0 Å². The third-order valence-corrected chi connectivity index (χ3v) is 2.97. The van der Waals surface area contributed by atoms with Crippen molar-refractivity contribution in [2.75, 3.05) is 13.1 Å². The highest BCUT2D eigenvalue weighted by molar-refractivity contribution is 5.57. The Hall–Kier alpha value is -1.82. The van der Waals surface area contributed by atoms with E-state index in [-0.39, 0.29) is 0 Å². The van der Waals surface area contributed by atoms with Crippen molar-refractivity contribution in [1.29, 1.82) is 0 Å². The normalized spacial score (nSPS) is 11.8. The van der Waals surface area contributed by atoms with Crippen LogP contribution in [-0.4, -0.2) is 18.1 Å². The summed E-state index contributed by atoms with van der Waals surface area (Å²) in [6.45, 7) is 3.72. The molecule has 0 unspecified atom stereocenters. The Kier molecular flexibility index (Phi) is 5.01. The maximum Gasteiger partial charge on any atom is 0.416 e. The average Bonchev–Trinajstić information content (AvgIpc) is 2.92. The van der Waals surface area contributed by atoms with Crippen molar-refractivity contribution in [3.63, 3.8) is 0 Å². The van der Waals surface area contributed by atoms with E-state index in [9.17, 15) is 13.2 Å². The number of rotatable bonds is 6. The van der Waals surface area contributed by atoms with E-state index in [2.05, 4.69) is 17.2 Å². The third-order valence-electron chi connectivity index (χ3n) is 2.97. The van der Waals surface area contributed by atoms with Gasteiger partial charge in [-0.2, -0.15) is 13.2 Å². The molecule has 0 spiro atoms. The lowest BCUT2D eigenvalue weighted by atomic mass is 10.1. The number of nitrogens with one attached hydrogen (secondary N) is 1. The van der Waals surface area contributed by atoms with Gasteiger partial charge in [-0.3, -0.25) is 0 Å². The van der Waals surface area contributed by atoms with Gasteiger partial charge in [-0.1, -0.05) is 19.1 Å². The molecule has 2 aromatic rings. The molecule has 1 heterocycles. The second kappa shape index (κ2) is 6.76. The minimum Gasteiger partial charge on any atom is -0.441 e. The molecule has 0 fully saturated rings. The molecule has 114 valence electrons. The van der Waals surface area contributed by atoms with Crippen molar-refractivity contribution in [2.45, 2.75) is 25.9 Å². The number of oxazole rings is 1. The smallest absolute Gasteiger partial charge is 0.416 e. The number of hydrogen-bond acceptors (Lipinski definition) is 3. The van der Waals surface area contributed by atoms with Gasteiger partial charge in [0.25, 0.3) is 0 Å². The Morgan fingerprint density at radius 1 is 1.24 bits per heavy atom. The molecule has 0 amide bonds. The van der Waals surface area contributed by atoms with Gasteiger partial charge in [0, 0.05) is 18.5 Å². The molecule has 0 saturated carbocycles. The highest BCUT2D eigenvalue weighted by Crippen LogP contribution is 2.32. The van der Waals surface area contributed by atoms with Gasteiger partial charge in [0.1, 0.15) is 0 Å². The first-order valence-electron chi connectivity index (χ1n) is 6.83. The van der Waals surface area contributed by atoms with E-state index >= 15 is 0 Å². The standard InChI is InChI=1S/C15H17F3N2O/c1-2-7-19-8-6-14-20-10-13(21-14)11-4-3-5-12(9-11)15(16,17)18/h3-5,9-10,19H,2,6-8H2,1H3. The number of benzene rings is 1. The summed E-state index contributed by atoms with van der Waals surface area (Å²) in [7, 11) is 0. The van der Waals surface area contributed by atoms with E-state index in [0.717, 1.165) is 31.6 Å². The zero-order chi connectivity index (χ0) is 15.3. The van der Waals surface area contributed by atoms with Crippen LogP contribution in [0, 0.1) is 0 Å². The molecule has 21 heavy (non-hydrogen) atoms. The second-order valence-corrected chi connectivity index (χ2v) is 4.70. The number of alkyl halides is 3. The monoisotopic (exact) mass is 298 g/mol. The van der Waals surface area contributed by atoms with Gasteiger partial charge in [-0.25, -0.2) is 4.98 Å². The molecule has 0 atom stereocenters. The van der Waals surface area contributed by atoms with Crippen molar-refractivity contribution in [2.24, 2.45) is 0 Å². The zero-order valence-corrected chi connectivity index (χ0v) is 11.7. The van der Waals surface area contributed by atoms with Crippen LogP contribution in [0.5, 0.6) is 0 Å². The maximum atomic E-state index is 12.7. The van der Waals surface area contributed by atoms with Gasteiger partial charge < -0.3 is 9.73 Å². The number of nitrogens with zero attached hydrogens (tertiary/aromatic N) is 1. The second-order valence-electron chi connectivity index (χ2n) is 4.70. The fourth-order valence-corrected chi connectivity index (χ4v) is 1.91. The summed E-state index contributed by atoms with van der Waals surface area (Å²) in [5.41, 5.74) is -0.312. The predicted molar refractivity (Wildman–Crippen MR) is 73.8 cm³/mol. The lowest BCUT2D eigenvalue weighted by molar-refractivity contribution is -0.137. The van der Waals surface area contributed by atoms with Crippen molar-refractivity contribution in [3.05, 3.63) is 41.9 Å². The van der Waals surface area contributed by atoms with E-state index in [0.29, 0.717) is 23.6 Å². The molecule has 1 N–H and O–H groups in total. The van der Waals surface area contributed by atoms with Crippen LogP contribution < -0.4 is 5.32 Å². The largest absolute Gasteiger partial charge is 0.441 e. The topological polar surface area (TPSA) is 38.1 Å². The van der Waals surface area contributed by atoms with Crippen LogP contribution in [0.1, 0.15) is 24.8 Å². The summed E-state index contributed by atoms with van der Waals surface area (Å²) in [5, 5.41) is 3.21. The molecule has 0 bridgehead atoms. The lowest BCUT2D eigenvalue weighted by Crippen LogP contribution is -2.17. The first-order chi connectivity index (χ1) is 10.0. The molecular weight excluding hydrogens is 281 g/mol. The van der Waals surface area contributed by atoms with Gasteiger partial charge in [-0.15, -0.1) is 0 Å². The van der Waals surface area contributed by atoms with Crippen LogP contribution >= 0.6 is 0 Å². The predicted octanol–water partition coefficient (Wildman–Crippen LogP) is 3.90. The molecule has 1 aromatic carbocycles. The van der Waals surface area contributed by atoms with Crippen molar-refractivity contribution in [3.8, 4) is 11.3 Å². The van der Waals surface area contributed by atoms with E-state index < -0.39 is 11.7 Å². The van der Waals surface area contributed by atoms with Crippen LogP contribution in [0.3, 0.4) is 0 Å². The van der Waals surface area contributed by atoms with Gasteiger partial charge in [-0.05, 0) is 25.1 Å². The quantitative estimate of drug-likeness (QED) is 0.822. The Balaban J connectivity index is 2.07. The highest BCUT2D eigenvalue weighted by atomic mass is 19.4. The third kappa shape index (κ3) is 4.32. The SMILES string of the molecule is CCCNCCc1ncc(-c2cccc(C(F)(F)F)c2)o1. The van der Waals surface area contributed by atoms with Crippen LogP contribution in [0.2, 0.25) is 0 Å². The first-order valence-corrected chi connectivity index (χ1v) is 6.83. The Morgan fingerprint density at radius 3 is 2.76 bits per heavy atom. The minimum atomic E-state index is -4.36. The van der Waals surface area contributed by atoms with E-state index in [4.69, 9.17) is 4.42 Å². The maximum absolute atomic E-state index is 12.7. The summed E-state index contributed by atoms with van der Waals surface area (Å²) in [4.78, 5) is 4.09. The first kappa shape index (κ1) is 15.6. The Bertz CT molecular complexity index is 578. The molecular formula is C15H17F3N2O. The molecule has 0 saturated heterocycles. The molecule has 0 aliphatic heterocycles. The molecule has 0 aliphatic carbocycles. The molecule has 2 rings (SSSR count). The lowest BCUT2D eigenvalue weighted by Gasteiger charge is -2.07. The van der Waals surface area contributed by atoms with Crippen LogP contribution in [0.4, 0.5) is 13.2 Å². The average molecular weight is 298 g/mol. The molecule has 6 heteroatoms. The van der Waals surface area contributed by atoms with Crippen molar-refractivity contribution >= 4 is 0 Å². The molecule has 0 radical (unpaired) electrons. The van der Waals surface area contributed by atoms with E-state index in [1.807, 2.05) is 0 Å². The van der Waals surface area contributed by atoms with Crippen LogP contribution in [0.25, 0.3) is 11.3 Å². The summed E-state index contributed by atoms with van der Waals surface area (Å²) >= 11 is 0. The van der Waals surface area contributed by atoms with Crippen molar-refractivity contribution in [1.82, 2.24) is 10.3 Å². The Morgan fingerprint density at radius 2 is 2.05 bits per heavy atom. The summed E-state index contributed by atoms with van der Waals surface area (Å²) in [5.74, 6) is 0.873. The molecule has 0 aliphatic rings. The fourth-order valence-electron chi connectivity index (χ4n) is 1.91. The van der Waals surface area contributed by atoms with Crippen LogP contribution in [-0.2, 0) is 12.6 Å². The van der Waals surface area contributed by atoms with Crippen molar-refractivity contribution < 1.29 is 17.6 Å². The van der Waals surface area contributed by atoms with Gasteiger partial charge in [0.05, 0.1) is 11.8 Å². The fraction of sp³-hybridized carbons (Fsp3) is 0.400. The number of halogens is 3. The molecule has 3 nitrogen and oxygen atoms in total. The van der Waals surface area contributed by atoms with E-state index in [1.54, 1.807) is 6.07 Å². The van der Waals surface area contributed by atoms with E-state index in [1.165, 1.54) is 12.3 Å². The Labute approximate surface area is 121 Å². The highest BCUT2D eigenvalue weighted by Gasteiger charge is 2.30. The number of hydrogen-bond donors (Lipinski definition) is 1. The summed E-state index contributed by atoms with van der Waals surface area (Å²) < 4.78 is 43.5. The number of aromatic nitrogens is 1. The summed E-state index contributed by atoms with van der Waals surface area (Å²) in [6, 6.07) is 5.05. The minimum absolute atomic E-state index is 0.353. The summed E-state index contributed by atoms with van der Waals surface area (Å²) in [6.07, 6.45) is -1.24. The van der Waals surface area contributed by atoms with Crippen LogP contribution in [0.15, 0.2) is 34.9 Å². The zero-order valence-electron chi connectivity index (χ0n) is 11.7. The molecule has 1 aromatic heterocycles.